The number of aliphatic hydroxyl groups excluding tert-OH is 2. The van der Waals surface area contributed by atoms with Gasteiger partial charge in [0, 0.05) is 0 Å². The molecule has 0 saturated carbocycles. The molecule has 0 radical (unpaired) electrons. The molecule has 0 saturated heterocycles. The highest BCUT2D eigenvalue weighted by atomic mass is 16.6. The standard InChI is InChI=1S/C6H10O4/c7-4-2-1-3-6(9)10-5-8/h1-2,7-8H,3-5H2. The van der Waals surface area contributed by atoms with E-state index in [0.29, 0.717) is 0 Å². The molecule has 0 aromatic carbocycles. The van der Waals surface area contributed by atoms with Crippen LogP contribution < -0.4 is 0 Å². The molecule has 2 N–H and O–H groups in total. The van der Waals surface area contributed by atoms with Gasteiger partial charge in [-0.25, -0.2) is 0 Å². The van der Waals surface area contributed by atoms with E-state index in [1.807, 2.05) is 0 Å². The van der Waals surface area contributed by atoms with Gasteiger partial charge in [0.2, 0.25) is 0 Å². The molecule has 0 aliphatic carbocycles. The number of aliphatic hydroxyl groups is 2. The Morgan fingerprint density at radius 1 is 1.40 bits per heavy atom. The highest BCUT2D eigenvalue weighted by molar-refractivity contribution is 5.70. The van der Waals surface area contributed by atoms with Crippen LogP contribution >= 0.6 is 0 Å². The fourth-order valence-electron chi connectivity index (χ4n) is 0.385. The molecule has 0 spiro atoms. The Labute approximate surface area is 58.7 Å². The maximum atomic E-state index is 10.4. The third kappa shape index (κ3) is 5.27. The molecule has 0 fully saturated rings. The van der Waals surface area contributed by atoms with Crippen LogP contribution in [0.25, 0.3) is 0 Å². The second kappa shape index (κ2) is 6.25. The van der Waals surface area contributed by atoms with Gasteiger partial charge in [-0.1, -0.05) is 12.2 Å². The molecule has 0 aromatic heterocycles. The Morgan fingerprint density at radius 3 is 2.60 bits per heavy atom. The zero-order chi connectivity index (χ0) is 7.82. The molecule has 0 aliphatic rings. The van der Waals surface area contributed by atoms with E-state index in [9.17, 15) is 4.79 Å². The molecule has 0 rings (SSSR count). The number of rotatable bonds is 4. The third-order valence-electron chi connectivity index (χ3n) is 0.782. The summed E-state index contributed by atoms with van der Waals surface area (Å²) in [6, 6.07) is 0. The summed E-state index contributed by atoms with van der Waals surface area (Å²) < 4.78 is 4.17. The minimum atomic E-state index is -0.591. The van der Waals surface area contributed by atoms with Crippen molar-refractivity contribution in [3.63, 3.8) is 0 Å². The smallest absolute Gasteiger partial charge is 0.311 e. The Kier molecular flexibility index (Phi) is 5.71. The van der Waals surface area contributed by atoms with Crippen LogP contribution in [-0.4, -0.2) is 29.6 Å². The van der Waals surface area contributed by atoms with Gasteiger partial charge in [0.05, 0.1) is 13.0 Å². The first-order valence-corrected chi connectivity index (χ1v) is 2.83. The minimum Gasteiger partial charge on any atom is -0.438 e. The number of ether oxygens (including phenoxy) is 1. The fourth-order valence-corrected chi connectivity index (χ4v) is 0.385. The van der Waals surface area contributed by atoms with Crippen LogP contribution in [0.5, 0.6) is 0 Å². The zero-order valence-electron chi connectivity index (χ0n) is 5.49. The molecule has 10 heavy (non-hydrogen) atoms. The number of esters is 1. The van der Waals surface area contributed by atoms with Crippen LogP contribution in [0, 0.1) is 0 Å². The molecule has 4 nitrogen and oxygen atoms in total. The van der Waals surface area contributed by atoms with E-state index in [0.717, 1.165) is 0 Å². The highest BCUT2D eigenvalue weighted by Crippen LogP contribution is 1.86. The van der Waals surface area contributed by atoms with Gasteiger partial charge in [-0.2, -0.15) is 0 Å². The van der Waals surface area contributed by atoms with E-state index >= 15 is 0 Å². The lowest BCUT2D eigenvalue weighted by Crippen LogP contribution is -2.03. The molecule has 0 atom stereocenters. The van der Waals surface area contributed by atoms with Gasteiger partial charge < -0.3 is 14.9 Å². The Hall–Kier alpha value is -0.870. The molecular formula is C6H10O4. The van der Waals surface area contributed by atoms with E-state index in [1.165, 1.54) is 12.2 Å². The average molecular weight is 146 g/mol. The topological polar surface area (TPSA) is 66.8 Å². The molecular weight excluding hydrogens is 136 g/mol. The first-order chi connectivity index (χ1) is 4.81. The summed E-state index contributed by atoms with van der Waals surface area (Å²) in [4.78, 5) is 10.4. The van der Waals surface area contributed by atoms with E-state index in [4.69, 9.17) is 10.2 Å². The summed E-state index contributed by atoms with van der Waals surface area (Å²) >= 11 is 0. The van der Waals surface area contributed by atoms with Gasteiger partial charge >= 0.3 is 5.97 Å². The second-order valence-corrected chi connectivity index (χ2v) is 1.50. The fraction of sp³-hybridized carbons (Fsp3) is 0.500. The molecule has 0 unspecified atom stereocenters. The van der Waals surface area contributed by atoms with Crippen molar-refractivity contribution in [2.24, 2.45) is 0 Å². The highest BCUT2D eigenvalue weighted by Gasteiger charge is 1.95. The predicted octanol–water partition coefficient (Wildman–Crippen LogP) is -0.582. The number of carbonyl (C=O) groups excluding carboxylic acids is 1. The van der Waals surface area contributed by atoms with Gasteiger partial charge in [0.1, 0.15) is 0 Å². The van der Waals surface area contributed by atoms with Crippen molar-refractivity contribution < 1.29 is 19.7 Å². The van der Waals surface area contributed by atoms with E-state index in [1.54, 1.807) is 0 Å². The monoisotopic (exact) mass is 146 g/mol. The van der Waals surface area contributed by atoms with Crippen molar-refractivity contribution in [3.05, 3.63) is 12.2 Å². The molecule has 0 aliphatic heterocycles. The van der Waals surface area contributed by atoms with Gasteiger partial charge in [0.15, 0.2) is 6.79 Å². The predicted molar refractivity (Wildman–Crippen MR) is 34.0 cm³/mol. The lowest BCUT2D eigenvalue weighted by Gasteiger charge is -1.94. The average Bonchev–Trinajstić information content (AvgIpc) is 1.89. The summed E-state index contributed by atoms with van der Waals surface area (Å²) in [6.45, 7) is -0.682. The van der Waals surface area contributed by atoms with E-state index in [2.05, 4.69) is 4.74 Å². The second-order valence-electron chi connectivity index (χ2n) is 1.50. The van der Waals surface area contributed by atoms with Crippen LogP contribution in [0.2, 0.25) is 0 Å². The summed E-state index contributed by atoms with van der Waals surface area (Å²) in [5.41, 5.74) is 0. The van der Waals surface area contributed by atoms with Crippen LogP contribution in [-0.2, 0) is 9.53 Å². The summed E-state index contributed by atoms with van der Waals surface area (Å²) in [5.74, 6) is -0.507. The Morgan fingerprint density at radius 2 is 2.10 bits per heavy atom. The van der Waals surface area contributed by atoms with Crippen LogP contribution in [0.4, 0.5) is 0 Å². The molecule has 0 amide bonds. The largest absolute Gasteiger partial charge is 0.438 e. The molecule has 0 aromatic rings. The van der Waals surface area contributed by atoms with Crippen molar-refractivity contribution >= 4 is 5.97 Å². The third-order valence-corrected chi connectivity index (χ3v) is 0.782. The number of hydrogen-bond donors (Lipinski definition) is 2. The van der Waals surface area contributed by atoms with Gasteiger partial charge in [-0.3, -0.25) is 4.79 Å². The summed E-state index contributed by atoms with van der Waals surface area (Å²) in [5, 5.41) is 16.3. The minimum absolute atomic E-state index is 0.0844. The van der Waals surface area contributed by atoms with Crippen LogP contribution in [0.15, 0.2) is 12.2 Å². The number of carbonyl (C=O) groups is 1. The first kappa shape index (κ1) is 9.13. The summed E-state index contributed by atoms with van der Waals surface area (Å²) in [7, 11) is 0. The molecule has 0 heterocycles. The SMILES string of the molecule is O=C(CC=CCO)OCO. The zero-order valence-corrected chi connectivity index (χ0v) is 5.49. The molecule has 4 heteroatoms. The maximum absolute atomic E-state index is 10.4. The van der Waals surface area contributed by atoms with Gasteiger partial charge in [0.25, 0.3) is 0 Å². The van der Waals surface area contributed by atoms with Gasteiger partial charge in [-0.05, 0) is 0 Å². The molecule has 58 valence electrons. The van der Waals surface area contributed by atoms with E-state index < -0.39 is 12.8 Å². The lowest BCUT2D eigenvalue weighted by atomic mass is 10.4. The number of hydrogen-bond acceptors (Lipinski definition) is 4. The van der Waals surface area contributed by atoms with Crippen molar-refractivity contribution in [2.45, 2.75) is 6.42 Å². The van der Waals surface area contributed by atoms with Crippen molar-refractivity contribution in [1.29, 1.82) is 0 Å². The molecule has 0 bridgehead atoms. The van der Waals surface area contributed by atoms with Crippen molar-refractivity contribution in [1.82, 2.24) is 0 Å². The van der Waals surface area contributed by atoms with Crippen LogP contribution in [0.1, 0.15) is 6.42 Å². The van der Waals surface area contributed by atoms with Gasteiger partial charge in [-0.15, -0.1) is 0 Å². The lowest BCUT2D eigenvalue weighted by molar-refractivity contribution is -0.150. The first-order valence-electron chi connectivity index (χ1n) is 2.83. The van der Waals surface area contributed by atoms with Crippen molar-refractivity contribution in [2.75, 3.05) is 13.4 Å². The maximum Gasteiger partial charge on any atom is 0.311 e. The van der Waals surface area contributed by atoms with E-state index in [-0.39, 0.29) is 13.0 Å². The quantitative estimate of drug-likeness (QED) is 0.316. The van der Waals surface area contributed by atoms with Crippen molar-refractivity contribution in [3.8, 4) is 0 Å². The summed E-state index contributed by atoms with van der Waals surface area (Å²) in [6.07, 6.45) is 2.98. The Bertz CT molecular complexity index is 119. The normalized spacial score (nSPS) is 10.2. The van der Waals surface area contributed by atoms with Crippen LogP contribution in [0.3, 0.4) is 0 Å². The Balaban J connectivity index is 3.30.